The molecule has 0 aliphatic heterocycles. The summed E-state index contributed by atoms with van der Waals surface area (Å²) >= 11 is 0. The standard InChI is InChI=1S/C48H33N6OP/c55-56(46-31-13-28-43(52-46)40-25-10-22-37(49-40)34-16-4-1-5-17-34,47-32-14-29-44(53-47)41-26-11-23-38(50-41)35-18-6-2-7-19-35)48-33-15-30-45(54-48)42-27-12-24-39(51-42)36-20-8-3-9-21-36/h1-33H. The van der Waals surface area contributed by atoms with E-state index in [-0.39, 0.29) is 0 Å². The topological polar surface area (TPSA) is 94.4 Å². The molecule has 0 saturated heterocycles. The lowest BCUT2D eigenvalue weighted by Gasteiger charge is -2.19. The van der Waals surface area contributed by atoms with Gasteiger partial charge in [-0.1, -0.05) is 127 Å². The lowest BCUT2D eigenvalue weighted by atomic mass is 10.1. The highest BCUT2D eigenvalue weighted by Crippen LogP contribution is 2.42. The van der Waals surface area contributed by atoms with Crippen molar-refractivity contribution in [2.75, 3.05) is 0 Å². The summed E-state index contributed by atoms with van der Waals surface area (Å²) in [4.78, 5) is 30.1. The van der Waals surface area contributed by atoms with E-state index in [1.807, 2.05) is 182 Å². The molecule has 0 N–H and O–H groups in total. The average Bonchev–Trinajstić information content (AvgIpc) is 3.30. The van der Waals surface area contributed by atoms with Gasteiger partial charge in [-0.3, -0.25) is 0 Å². The summed E-state index contributed by atoms with van der Waals surface area (Å²) in [6, 6.07) is 64.2. The second kappa shape index (κ2) is 15.3. The first-order valence-corrected chi connectivity index (χ1v) is 19.9. The Morgan fingerprint density at radius 1 is 0.232 bits per heavy atom. The number of nitrogens with zero attached hydrogens (tertiary/aromatic N) is 6. The minimum absolute atomic E-state index is 0.341. The number of hydrogen-bond acceptors (Lipinski definition) is 7. The van der Waals surface area contributed by atoms with Gasteiger partial charge < -0.3 is 4.57 Å². The third-order valence-corrected chi connectivity index (χ3v) is 12.1. The van der Waals surface area contributed by atoms with Crippen LogP contribution in [0.3, 0.4) is 0 Å². The van der Waals surface area contributed by atoms with Crippen molar-refractivity contribution in [3.05, 3.63) is 200 Å². The van der Waals surface area contributed by atoms with Gasteiger partial charge in [0.15, 0.2) is 0 Å². The van der Waals surface area contributed by atoms with E-state index >= 15 is 4.57 Å². The van der Waals surface area contributed by atoms with Gasteiger partial charge in [0.1, 0.15) is 16.3 Å². The first-order valence-electron chi connectivity index (χ1n) is 18.2. The Morgan fingerprint density at radius 2 is 0.464 bits per heavy atom. The van der Waals surface area contributed by atoms with Crippen LogP contribution in [0.2, 0.25) is 0 Å². The van der Waals surface area contributed by atoms with Crippen LogP contribution in [-0.4, -0.2) is 29.9 Å². The van der Waals surface area contributed by atoms with Crippen molar-refractivity contribution in [2.45, 2.75) is 0 Å². The Bertz CT molecular complexity index is 2540. The van der Waals surface area contributed by atoms with E-state index in [4.69, 9.17) is 29.9 Å². The molecule has 0 radical (unpaired) electrons. The molecule has 9 aromatic rings. The fourth-order valence-corrected chi connectivity index (χ4v) is 8.95. The van der Waals surface area contributed by atoms with E-state index in [1.165, 1.54) is 0 Å². The van der Waals surface area contributed by atoms with E-state index in [0.717, 1.165) is 33.8 Å². The lowest BCUT2D eigenvalue weighted by Crippen LogP contribution is -2.31. The predicted octanol–water partition coefficient (Wildman–Crippen LogP) is 9.70. The van der Waals surface area contributed by atoms with Crippen molar-refractivity contribution in [2.24, 2.45) is 0 Å². The van der Waals surface area contributed by atoms with E-state index in [0.29, 0.717) is 50.5 Å². The van der Waals surface area contributed by atoms with Gasteiger partial charge in [0.2, 0.25) is 7.14 Å². The maximum atomic E-state index is 16.2. The highest BCUT2D eigenvalue weighted by molar-refractivity contribution is 7.84. The molecule has 8 heteroatoms. The summed E-state index contributed by atoms with van der Waals surface area (Å²) in [5, 5.41) is 0. The first-order chi connectivity index (χ1) is 27.6. The van der Waals surface area contributed by atoms with Gasteiger partial charge in [0.05, 0.1) is 51.2 Å². The van der Waals surface area contributed by atoms with Crippen molar-refractivity contribution in [1.29, 1.82) is 0 Å². The summed E-state index contributed by atoms with van der Waals surface area (Å²) in [5.74, 6) is 0. The van der Waals surface area contributed by atoms with Crippen molar-refractivity contribution in [3.63, 3.8) is 0 Å². The molecule has 6 heterocycles. The molecule has 0 atom stereocenters. The minimum atomic E-state index is -3.84. The van der Waals surface area contributed by atoms with Gasteiger partial charge in [-0.15, -0.1) is 0 Å². The maximum Gasteiger partial charge on any atom is 0.223 e. The largest absolute Gasteiger partial charge is 0.304 e. The number of rotatable bonds is 9. The van der Waals surface area contributed by atoms with Crippen molar-refractivity contribution >= 4 is 23.4 Å². The summed E-state index contributed by atoms with van der Waals surface area (Å²) in [6.45, 7) is 0. The summed E-state index contributed by atoms with van der Waals surface area (Å²) in [6.07, 6.45) is 0. The normalized spacial score (nSPS) is 11.3. The molecule has 0 spiro atoms. The zero-order valence-corrected chi connectivity index (χ0v) is 31.0. The Kier molecular flexibility index (Phi) is 9.42. The van der Waals surface area contributed by atoms with Crippen LogP contribution in [0.4, 0.5) is 0 Å². The van der Waals surface area contributed by atoms with Crippen LogP contribution in [0.5, 0.6) is 0 Å². The zero-order chi connectivity index (χ0) is 37.7. The number of hydrogen-bond donors (Lipinski definition) is 0. The van der Waals surface area contributed by atoms with Gasteiger partial charge >= 0.3 is 0 Å². The molecule has 9 rings (SSSR count). The Balaban J connectivity index is 1.18. The van der Waals surface area contributed by atoms with Crippen molar-refractivity contribution < 1.29 is 4.57 Å². The third kappa shape index (κ3) is 6.95. The third-order valence-electron chi connectivity index (χ3n) is 9.41. The molecule has 0 saturated carbocycles. The van der Waals surface area contributed by atoms with Crippen LogP contribution in [0.15, 0.2) is 200 Å². The van der Waals surface area contributed by atoms with Crippen LogP contribution in [-0.2, 0) is 4.57 Å². The predicted molar refractivity (Wildman–Crippen MR) is 225 cm³/mol. The van der Waals surface area contributed by atoms with Gasteiger partial charge in [-0.05, 0) is 72.8 Å². The molecule has 3 aromatic carbocycles. The average molecular weight is 741 g/mol. The lowest BCUT2D eigenvalue weighted by molar-refractivity contribution is 0.591. The Labute approximate surface area is 324 Å². The molecule has 6 aromatic heterocycles. The molecule has 0 bridgehead atoms. The molecule has 7 nitrogen and oxygen atoms in total. The zero-order valence-electron chi connectivity index (χ0n) is 30.1. The van der Waals surface area contributed by atoms with Gasteiger partial charge in [-0.2, -0.15) is 0 Å². The van der Waals surface area contributed by atoms with Crippen LogP contribution < -0.4 is 16.3 Å². The fraction of sp³-hybridized carbons (Fsp3) is 0. The van der Waals surface area contributed by atoms with E-state index < -0.39 is 7.14 Å². The molecule has 0 aliphatic carbocycles. The fourth-order valence-electron chi connectivity index (χ4n) is 6.62. The monoisotopic (exact) mass is 740 g/mol. The van der Waals surface area contributed by atoms with E-state index in [9.17, 15) is 0 Å². The minimum Gasteiger partial charge on any atom is -0.304 e. The molecule has 0 fully saturated rings. The molecule has 0 unspecified atom stereocenters. The Morgan fingerprint density at radius 3 is 0.750 bits per heavy atom. The summed E-state index contributed by atoms with van der Waals surface area (Å²) < 4.78 is 16.2. The van der Waals surface area contributed by atoms with Crippen LogP contribution in [0.1, 0.15) is 0 Å². The highest BCUT2D eigenvalue weighted by atomic mass is 31.2. The Hall–Kier alpha value is -7.21. The number of aromatic nitrogens is 6. The number of benzene rings is 3. The van der Waals surface area contributed by atoms with E-state index in [1.54, 1.807) is 18.2 Å². The molecular weight excluding hydrogens is 708 g/mol. The molecular formula is C48H33N6OP. The molecule has 56 heavy (non-hydrogen) atoms. The molecule has 0 amide bonds. The molecule has 266 valence electrons. The van der Waals surface area contributed by atoms with Gasteiger partial charge in [0.25, 0.3) is 0 Å². The van der Waals surface area contributed by atoms with Gasteiger partial charge in [0, 0.05) is 16.7 Å². The first kappa shape index (κ1) is 34.6. The second-order valence-corrected chi connectivity index (χ2v) is 15.7. The van der Waals surface area contributed by atoms with Gasteiger partial charge in [-0.25, -0.2) is 29.9 Å². The number of pyridine rings is 6. The van der Waals surface area contributed by atoms with Crippen LogP contribution in [0.25, 0.3) is 67.9 Å². The van der Waals surface area contributed by atoms with E-state index in [2.05, 4.69) is 0 Å². The maximum absolute atomic E-state index is 16.2. The summed E-state index contributed by atoms with van der Waals surface area (Å²) in [5.41, 5.74) is 10.2. The van der Waals surface area contributed by atoms with Crippen molar-refractivity contribution in [3.8, 4) is 67.9 Å². The highest BCUT2D eigenvalue weighted by Gasteiger charge is 2.35. The smallest absolute Gasteiger partial charge is 0.223 e. The quantitative estimate of drug-likeness (QED) is 0.136. The molecule has 0 aliphatic rings. The van der Waals surface area contributed by atoms with Crippen molar-refractivity contribution in [1.82, 2.24) is 29.9 Å². The second-order valence-electron chi connectivity index (χ2n) is 13.1. The summed E-state index contributed by atoms with van der Waals surface area (Å²) in [7, 11) is -3.84. The van der Waals surface area contributed by atoms with Crippen LogP contribution >= 0.6 is 7.14 Å². The SMILES string of the molecule is O=P(c1cccc(-c2cccc(-c3ccccc3)n2)n1)(c1cccc(-c2cccc(-c3ccccc3)n2)n1)c1cccc(-c2cccc(-c3ccccc3)n2)n1. The van der Waals surface area contributed by atoms with Crippen LogP contribution in [0, 0.1) is 0 Å².